The highest BCUT2D eigenvalue weighted by atomic mass is 28.4. The van der Waals surface area contributed by atoms with Crippen molar-refractivity contribution in [2.24, 2.45) is 5.11 Å². The number of azide groups is 1. The van der Waals surface area contributed by atoms with Gasteiger partial charge >= 0.3 is 0 Å². The first-order valence-electron chi connectivity index (χ1n) is 10.8. The van der Waals surface area contributed by atoms with Gasteiger partial charge in [0, 0.05) is 23.7 Å². The maximum Gasteiger partial charge on any atom is 0.269 e. The van der Waals surface area contributed by atoms with Crippen LogP contribution >= 0.6 is 0 Å². The molecule has 1 unspecified atom stereocenters. The number of non-ortho nitro benzene ring substituents is 1. The summed E-state index contributed by atoms with van der Waals surface area (Å²) >= 11 is 0. The number of benzene rings is 3. The van der Waals surface area contributed by atoms with Gasteiger partial charge in [0.1, 0.15) is 0 Å². The molecule has 0 spiro atoms. The van der Waals surface area contributed by atoms with Crippen molar-refractivity contribution in [3.8, 4) is 0 Å². The predicted molar refractivity (Wildman–Crippen MR) is 133 cm³/mol. The zero-order valence-corrected chi connectivity index (χ0v) is 20.1. The Kier molecular flexibility index (Phi) is 7.66. The van der Waals surface area contributed by atoms with Crippen molar-refractivity contribution < 1.29 is 9.35 Å². The molecule has 0 fully saturated rings. The Bertz CT molecular complexity index is 1070. The first-order valence-corrected chi connectivity index (χ1v) is 12.7. The second-order valence-electron chi connectivity index (χ2n) is 8.87. The summed E-state index contributed by atoms with van der Waals surface area (Å²) in [5.74, 6) is 0. The molecule has 8 heteroatoms. The molecule has 0 aliphatic heterocycles. The highest BCUT2D eigenvalue weighted by Crippen LogP contribution is 2.37. The van der Waals surface area contributed by atoms with Crippen LogP contribution < -0.4 is 10.4 Å². The molecule has 3 aromatic carbocycles. The lowest BCUT2D eigenvalue weighted by Crippen LogP contribution is -2.66. The molecule has 0 aliphatic rings. The van der Waals surface area contributed by atoms with E-state index in [2.05, 4.69) is 55.1 Å². The van der Waals surface area contributed by atoms with Crippen LogP contribution in [-0.2, 0) is 4.43 Å². The summed E-state index contributed by atoms with van der Waals surface area (Å²) in [6.45, 7) is 7.01. The van der Waals surface area contributed by atoms with Gasteiger partial charge in [-0.05, 0) is 32.9 Å². The molecule has 0 bridgehead atoms. The smallest absolute Gasteiger partial charge is 0.269 e. The van der Waals surface area contributed by atoms with Crippen LogP contribution in [0.15, 0.2) is 90.0 Å². The fraction of sp³-hybridized carbons (Fsp3) is 0.280. The molecule has 1 atom stereocenters. The van der Waals surface area contributed by atoms with E-state index in [4.69, 9.17) is 9.96 Å². The monoisotopic (exact) mass is 460 g/mol. The van der Waals surface area contributed by atoms with Crippen molar-refractivity contribution in [2.75, 3.05) is 6.61 Å². The number of hydrogen-bond donors (Lipinski definition) is 0. The summed E-state index contributed by atoms with van der Waals surface area (Å²) in [5.41, 5.74) is 9.83. The quantitative estimate of drug-likeness (QED) is 0.0990. The fourth-order valence-electron chi connectivity index (χ4n) is 4.26. The van der Waals surface area contributed by atoms with Crippen molar-refractivity contribution >= 4 is 24.4 Å². The number of nitrogens with zero attached hydrogens (tertiary/aromatic N) is 4. The Balaban J connectivity index is 1.93. The van der Waals surface area contributed by atoms with E-state index in [0.717, 1.165) is 5.56 Å². The summed E-state index contributed by atoms with van der Waals surface area (Å²) in [5, 5.41) is 17.1. The minimum Gasteiger partial charge on any atom is -0.407 e. The van der Waals surface area contributed by atoms with Crippen molar-refractivity contribution in [1.29, 1.82) is 0 Å². The van der Waals surface area contributed by atoms with E-state index >= 15 is 0 Å². The molecule has 7 nitrogen and oxygen atoms in total. The molecule has 0 N–H and O–H groups in total. The van der Waals surface area contributed by atoms with Crippen molar-refractivity contribution in [1.82, 2.24) is 0 Å². The van der Waals surface area contributed by atoms with Crippen LogP contribution in [0.4, 0.5) is 5.69 Å². The van der Waals surface area contributed by atoms with Gasteiger partial charge in [0.15, 0.2) is 0 Å². The molecule has 0 amide bonds. The van der Waals surface area contributed by atoms with E-state index in [1.165, 1.54) is 22.5 Å². The van der Waals surface area contributed by atoms with Crippen LogP contribution in [0.1, 0.15) is 38.8 Å². The van der Waals surface area contributed by atoms with Crippen LogP contribution in [0, 0.1) is 10.1 Å². The van der Waals surface area contributed by atoms with Gasteiger partial charge < -0.3 is 4.43 Å². The zero-order chi connectivity index (χ0) is 23.9. The van der Waals surface area contributed by atoms with E-state index < -0.39 is 19.3 Å². The van der Waals surface area contributed by atoms with Crippen LogP contribution in [-0.4, -0.2) is 19.8 Å². The predicted octanol–water partition coefficient (Wildman–Crippen LogP) is 5.91. The van der Waals surface area contributed by atoms with Crippen molar-refractivity contribution in [3.63, 3.8) is 0 Å². The van der Waals surface area contributed by atoms with Gasteiger partial charge in [-0.15, -0.1) is 0 Å². The first-order chi connectivity index (χ1) is 15.8. The minimum atomic E-state index is -2.69. The summed E-state index contributed by atoms with van der Waals surface area (Å²) < 4.78 is 6.87. The second-order valence-corrected chi connectivity index (χ2v) is 13.2. The topological polar surface area (TPSA) is 101 Å². The van der Waals surface area contributed by atoms with E-state index in [1.807, 2.05) is 36.4 Å². The molecular formula is C25H28N4O3Si. The number of nitro benzene ring substituents is 1. The van der Waals surface area contributed by atoms with Gasteiger partial charge in [-0.1, -0.05) is 98.7 Å². The van der Waals surface area contributed by atoms with Gasteiger partial charge in [0.2, 0.25) is 0 Å². The molecule has 0 aliphatic carbocycles. The van der Waals surface area contributed by atoms with Crippen LogP contribution in [0.25, 0.3) is 10.4 Å². The summed E-state index contributed by atoms with van der Waals surface area (Å²) in [4.78, 5) is 13.5. The van der Waals surface area contributed by atoms with E-state index in [9.17, 15) is 10.1 Å². The molecule has 0 radical (unpaired) electrons. The molecule has 3 aromatic rings. The van der Waals surface area contributed by atoms with Gasteiger partial charge in [-0.2, -0.15) is 0 Å². The minimum absolute atomic E-state index is 0.00185. The van der Waals surface area contributed by atoms with Gasteiger partial charge in [0.05, 0.1) is 11.0 Å². The van der Waals surface area contributed by atoms with Gasteiger partial charge in [-0.25, -0.2) is 0 Å². The normalized spacial score (nSPS) is 12.6. The average molecular weight is 461 g/mol. The van der Waals surface area contributed by atoms with Crippen molar-refractivity contribution in [3.05, 3.63) is 111 Å². The van der Waals surface area contributed by atoms with Crippen molar-refractivity contribution in [2.45, 2.75) is 38.3 Å². The molecule has 3 rings (SSSR count). The third kappa shape index (κ3) is 5.31. The Morgan fingerprint density at radius 3 is 1.91 bits per heavy atom. The van der Waals surface area contributed by atoms with E-state index in [1.54, 1.807) is 12.1 Å². The highest BCUT2D eigenvalue weighted by Gasteiger charge is 2.50. The number of hydrogen-bond acceptors (Lipinski definition) is 4. The standard InChI is InChI=1S/C25H28N4O3Si/c1-25(2,3)33(22-10-6-4-7-11-22,23-12-8-5-9-13-23)32-19-18-24(27-28-26)20-14-16-21(17-15-20)29(30)31/h4-17,24H,18-19H2,1-3H3. The first kappa shape index (κ1) is 24.2. The summed E-state index contributed by atoms with van der Waals surface area (Å²) in [7, 11) is -2.69. The highest BCUT2D eigenvalue weighted by molar-refractivity contribution is 6.99. The van der Waals surface area contributed by atoms with Crippen LogP contribution in [0.3, 0.4) is 0 Å². The second kappa shape index (κ2) is 10.4. The van der Waals surface area contributed by atoms with E-state index in [-0.39, 0.29) is 10.7 Å². The number of nitro groups is 1. The third-order valence-corrected chi connectivity index (χ3v) is 10.8. The maximum atomic E-state index is 11.0. The van der Waals surface area contributed by atoms with E-state index in [0.29, 0.717) is 13.0 Å². The molecular weight excluding hydrogens is 432 g/mol. The summed E-state index contributed by atoms with van der Waals surface area (Å²) in [6, 6.07) is 26.3. The molecule has 0 aromatic heterocycles. The Morgan fingerprint density at radius 1 is 0.970 bits per heavy atom. The lowest BCUT2D eigenvalue weighted by molar-refractivity contribution is -0.384. The molecule has 0 heterocycles. The fourth-order valence-corrected chi connectivity index (χ4v) is 8.84. The average Bonchev–Trinajstić information content (AvgIpc) is 2.81. The zero-order valence-electron chi connectivity index (χ0n) is 19.1. The largest absolute Gasteiger partial charge is 0.407 e. The lowest BCUT2D eigenvalue weighted by Gasteiger charge is -2.43. The molecule has 33 heavy (non-hydrogen) atoms. The van der Waals surface area contributed by atoms with Gasteiger partial charge in [0.25, 0.3) is 14.0 Å². The Labute approximate surface area is 195 Å². The Hall–Kier alpha value is -3.45. The molecule has 0 saturated carbocycles. The SMILES string of the molecule is CC(C)(C)[Si](OCCC(N=[N+]=[N-])c1ccc([N+](=O)[O-])cc1)(c1ccccc1)c1ccccc1. The molecule has 0 saturated heterocycles. The summed E-state index contributed by atoms with van der Waals surface area (Å²) in [6.07, 6.45) is 0.465. The number of rotatable bonds is 9. The van der Waals surface area contributed by atoms with Gasteiger partial charge in [-0.3, -0.25) is 10.1 Å². The van der Waals surface area contributed by atoms with Crippen LogP contribution in [0.2, 0.25) is 5.04 Å². The maximum absolute atomic E-state index is 11.0. The Morgan fingerprint density at radius 2 is 1.48 bits per heavy atom. The third-order valence-electron chi connectivity index (χ3n) is 5.81. The lowest BCUT2D eigenvalue weighted by atomic mass is 10.0. The molecule has 170 valence electrons. The van der Waals surface area contributed by atoms with Crippen LogP contribution in [0.5, 0.6) is 0 Å².